The van der Waals surface area contributed by atoms with E-state index in [1.807, 2.05) is 14.0 Å². The zero-order valence-corrected chi connectivity index (χ0v) is 13.3. The van der Waals surface area contributed by atoms with E-state index in [2.05, 4.69) is 5.32 Å². The summed E-state index contributed by atoms with van der Waals surface area (Å²) in [5, 5.41) is 3.03. The number of rotatable bonds is 6. The molecule has 6 nitrogen and oxygen atoms in total. The topological polar surface area (TPSA) is 67.9 Å². The van der Waals surface area contributed by atoms with Crippen molar-refractivity contribution in [2.45, 2.75) is 18.4 Å². The highest BCUT2D eigenvalue weighted by molar-refractivity contribution is 7.89. The van der Waals surface area contributed by atoms with Gasteiger partial charge >= 0.3 is 0 Å². The molecular formula is C14H22N2O4S. The molecular weight excluding hydrogens is 292 g/mol. The molecule has 0 bridgehead atoms. The quantitative estimate of drug-likeness (QED) is 0.842. The Hall–Kier alpha value is -1.15. The van der Waals surface area contributed by atoms with Crippen molar-refractivity contribution in [1.82, 2.24) is 9.62 Å². The second kappa shape index (κ2) is 7.22. The average Bonchev–Trinajstić information content (AvgIpc) is 2.50. The third kappa shape index (κ3) is 3.74. The van der Waals surface area contributed by atoms with E-state index < -0.39 is 10.0 Å². The minimum Gasteiger partial charge on any atom is -0.494 e. The van der Waals surface area contributed by atoms with Gasteiger partial charge < -0.3 is 14.8 Å². The highest BCUT2D eigenvalue weighted by Crippen LogP contribution is 2.25. The Morgan fingerprint density at radius 1 is 1.33 bits per heavy atom. The molecule has 1 aliphatic rings. The predicted molar refractivity (Wildman–Crippen MR) is 80.0 cm³/mol. The molecule has 0 aliphatic carbocycles. The Morgan fingerprint density at radius 2 is 2.05 bits per heavy atom. The highest BCUT2D eigenvalue weighted by atomic mass is 32.2. The van der Waals surface area contributed by atoms with Gasteiger partial charge in [0.25, 0.3) is 0 Å². The molecule has 7 heteroatoms. The summed E-state index contributed by atoms with van der Waals surface area (Å²) in [4.78, 5) is 0.304. The summed E-state index contributed by atoms with van der Waals surface area (Å²) >= 11 is 0. The van der Waals surface area contributed by atoms with Crippen LogP contribution in [0, 0.1) is 0 Å². The SMILES string of the molecule is CCOc1ccc(S(=O)(=O)N2CCOCC2)cc1CNC. The lowest BCUT2D eigenvalue weighted by atomic mass is 10.2. The van der Waals surface area contributed by atoms with E-state index in [-0.39, 0.29) is 0 Å². The second-order valence-corrected chi connectivity index (χ2v) is 6.69. The van der Waals surface area contributed by atoms with Gasteiger partial charge in [-0.05, 0) is 32.2 Å². The van der Waals surface area contributed by atoms with Crippen molar-refractivity contribution in [3.63, 3.8) is 0 Å². The van der Waals surface area contributed by atoms with Gasteiger partial charge in [0.15, 0.2) is 0 Å². The van der Waals surface area contributed by atoms with Crippen molar-refractivity contribution in [3.8, 4) is 5.75 Å². The summed E-state index contributed by atoms with van der Waals surface area (Å²) < 4.78 is 37.5. The fourth-order valence-corrected chi connectivity index (χ4v) is 3.74. The molecule has 0 radical (unpaired) electrons. The lowest BCUT2D eigenvalue weighted by molar-refractivity contribution is 0.0730. The molecule has 1 aliphatic heterocycles. The van der Waals surface area contributed by atoms with Gasteiger partial charge in [0.05, 0.1) is 24.7 Å². The molecule has 1 heterocycles. The molecule has 118 valence electrons. The summed E-state index contributed by atoms with van der Waals surface area (Å²) in [5.41, 5.74) is 0.841. The smallest absolute Gasteiger partial charge is 0.243 e. The van der Waals surface area contributed by atoms with E-state index in [4.69, 9.17) is 9.47 Å². The Bertz CT molecular complexity index is 568. The summed E-state index contributed by atoms with van der Waals surface area (Å²) in [6.07, 6.45) is 0. The third-order valence-electron chi connectivity index (χ3n) is 3.31. The number of nitrogens with zero attached hydrogens (tertiary/aromatic N) is 1. The molecule has 0 amide bonds. The third-order valence-corrected chi connectivity index (χ3v) is 5.20. The molecule has 1 saturated heterocycles. The summed E-state index contributed by atoms with van der Waals surface area (Å²) in [7, 11) is -1.65. The monoisotopic (exact) mass is 314 g/mol. The zero-order chi connectivity index (χ0) is 15.3. The Labute approximate surface area is 126 Å². The van der Waals surface area contributed by atoms with Gasteiger partial charge in [-0.2, -0.15) is 4.31 Å². The normalized spacial score (nSPS) is 16.9. The van der Waals surface area contributed by atoms with Gasteiger partial charge in [-0.3, -0.25) is 0 Å². The van der Waals surface area contributed by atoms with Gasteiger partial charge in [-0.1, -0.05) is 0 Å². The molecule has 0 unspecified atom stereocenters. The minimum atomic E-state index is -3.46. The molecule has 1 fully saturated rings. The number of ether oxygens (including phenoxy) is 2. The standard InChI is InChI=1S/C14H22N2O4S/c1-3-20-14-5-4-13(10-12(14)11-15-2)21(17,18)16-6-8-19-9-7-16/h4-5,10,15H,3,6-9,11H2,1-2H3. The van der Waals surface area contributed by atoms with Crippen LogP contribution in [0.5, 0.6) is 5.75 Å². The van der Waals surface area contributed by atoms with Crippen molar-refractivity contribution >= 4 is 10.0 Å². The first-order valence-electron chi connectivity index (χ1n) is 7.07. The van der Waals surface area contributed by atoms with Crippen molar-refractivity contribution in [3.05, 3.63) is 23.8 Å². The van der Waals surface area contributed by atoms with Crippen molar-refractivity contribution in [2.75, 3.05) is 40.0 Å². The number of benzene rings is 1. The van der Waals surface area contributed by atoms with E-state index in [1.165, 1.54) is 4.31 Å². The molecule has 2 rings (SSSR count). The fourth-order valence-electron chi connectivity index (χ4n) is 2.28. The van der Waals surface area contributed by atoms with Gasteiger partial charge in [-0.15, -0.1) is 0 Å². The maximum absolute atomic E-state index is 12.6. The zero-order valence-electron chi connectivity index (χ0n) is 12.5. The maximum Gasteiger partial charge on any atom is 0.243 e. The lowest BCUT2D eigenvalue weighted by Crippen LogP contribution is -2.40. The van der Waals surface area contributed by atoms with Gasteiger partial charge in [-0.25, -0.2) is 8.42 Å². The first-order chi connectivity index (χ1) is 10.1. The Morgan fingerprint density at radius 3 is 2.67 bits per heavy atom. The van der Waals surface area contributed by atoms with Gasteiger partial charge in [0.2, 0.25) is 10.0 Å². The molecule has 1 N–H and O–H groups in total. The van der Waals surface area contributed by atoms with Crippen LogP contribution in [-0.2, 0) is 21.3 Å². The average molecular weight is 314 g/mol. The first-order valence-corrected chi connectivity index (χ1v) is 8.51. The van der Waals surface area contributed by atoms with Crippen LogP contribution in [-0.4, -0.2) is 52.7 Å². The van der Waals surface area contributed by atoms with E-state index in [0.29, 0.717) is 50.1 Å². The predicted octanol–water partition coefficient (Wildman–Crippen LogP) is 0.826. The van der Waals surface area contributed by atoms with Crippen LogP contribution in [0.15, 0.2) is 23.1 Å². The molecule has 0 aromatic heterocycles. The maximum atomic E-state index is 12.6. The fraction of sp³-hybridized carbons (Fsp3) is 0.571. The number of hydrogen-bond donors (Lipinski definition) is 1. The van der Waals surface area contributed by atoms with E-state index >= 15 is 0 Å². The highest BCUT2D eigenvalue weighted by Gasteiger charge is 2.26. The van der Waals surface area contributed by atoms with Gasteiger partial charge in [0.1, 0.15) is 5.75 Å². The van der Waals surface area contributed by atoms with Crippen LogP contribution < -0.4 is 10.1 Å². The van der Waals surface area contributed by atoms with E-state index in [9.17, 15) is 8.42 Å². The number of morpholine rings is 1. The molecule has 0 atom stereocenters. The molecule has 0 spiro atoms. The van der Waals surface area contributed by atoms with E-state index in [0.717, 1.165) is 5.56 Å². The van der Waals surface area contributed by atoms with Crippen molar-refractivity contribution in [2.24, 2.45) is 0 Å². The Balaban J connectivity index is 2.32. The summed E-state index contributed by atoms with van der Waals surface area (Å²) in [6.45, 7) is 4.70. The molecule has 0 saturated carbocycles. The molecule has 1 aromatic rings. The minimum absolute atomic E-state index is 0.304. The van der Waals surface area contributed by atoms with Crippen molar-refractivity contribution < 1.29 is 17.9 Å². The van der Waals surface area contributed by atoms with Crippen LogP contribution in [0.4, 0.5) is 0 Å². The van der Waals surface area contributed by atoms with E-state index in [1.54, 1.807) is 18.2 Å². The van der Waals surface area contributed by atoms with Crippen LogP contribution in [0.1, 0.15) is 12.5 Å². The summed E-state index contributed by atoms with van der Waals surface area (Å²) in [5.74, 6) is 0.716. The first kappa shape index (κ1) is 16.2. The van der Waals surface area contributed by atoms with Crippen LogP contribution in [0.2, 0.25) is 0 Å². The number of sulfonamides is 1. The largest absolute Gasteiger partial charge is 0.494 e. The van der Waals surface area contributed by atoms with Crippen LogP contribution in [0.25, 0.3) is 0 Å². The molecule has 21 heavy (non-hydrogen) atoms. The van der Waals surface area contributed by atoms with Crippen LogP contribution >= 0.6 is 0 Å². The number of hydrogen-bond acceptors (Lipinski definition) is 5. The lowest BCUT2D eigenvalue weighted by Gasteiger charge is -2.26. The summed E-state index contributed by atoms with van der Waals surface area (Å²) in [6, 6.07) is 5.02. The number of nitrogens with one attached hydrogen (secondary N) is 1. The Kier molecular flexibility index (Phi) is 5.58. The van der Waals surface area contributed by atoms with Crippen LogP contribution in [0.3, 0.4) is 0 Å². The molecule has 1 aromatic carbocycles. The second-order valence-electron chi connectivity index (χ2n) is 4.75. The van der Waals surface area contributed by atoms with Gasteiger partial charge in [0, 0.05) is 25.2 Å². The van der Waals surface area contributed by atoms with Crippen molar-refractivity contribution in [1.29, 1.82) is 0 Å².